The number of piperazine rings is 1. The first-order valence-corrected chi connectivity index (χ1v) is 6.72. The van der Waals surface area contributed by atoms with Gasteiger partial charge in [-0.05, 0) is 6.42 Å². The fourth-order valence-electron chi connectivity index (χ4n) is 2.30. The summed E-state index contributed by atoms with van der Waals surface area (Å²) in [5, 5.41) is 0. The second kappa shape index (κ2) is 5.89. The van der Waals surface area contributed by atoms with Crippen LogP contribution in [-0.2, 0) is 11.8 Å². The Labute approximate surface area is 108 Å². The molecule has 1 fully saturated rings. The highest BCUT2D eigenvalue weighted by molar-refractivity contribution is 5.76. The van der Waals surface area contributed by atoms with Crippen molar-refractivity contribution >= 4 is 11.9 Å². The van der Waals surface area contributed by atoms with E-state index < -0.39 is 0 Å². The van der Waals surface area contributed by atoms with Crippen LogP contribution in [0.25, 0.3) is 0 Å². The molecule has 0 N–H and O–H groups in total. The number of aryl methyl sites for hydroxylation is 1. The van der Waals surface area contributed by atoms with E-state index in [2.05, 4.69) is 16.8 Å². The Balaban J connectivity index is 1.85. The van der Waals surface area contributed by atoms with E-state index in [1.165, 1.54) is 0 Å². The smallest absolute Gasteiger partial charge is 0.222 e. The van der Waals surface area contributed by atoms with Gasteiger partial charge in [0, 0.05) is 52.0 Å². The lowest BCUT2D eigenvalue weighted by Crippen LogP contribution is -2.49. The van der Waals surface area contributed by atoms with Gasteiger partial charge >= 0.3 is 0 Å². The van der Waals surface area contributed by atoms with Crippen LogP contribution in [0.5, 0.6) is 0 Å². The van der Waals surface area contributed by atoms with Gasteiger partial charge in [-0.3, -0.25) is 4.79 Å². The van der Waals surface area contributed by atoms with E-state index in [1.807, 2.05) is 28.9 Å². The highest BCUT2D eigenvalue weighted by Crippen LogP contribution is 2.13. The van der Waals surface area contributed by atoms with Crippen molar-refractivity contribution in [3.05, 3.63) is 12.4 Å². The Hall–Kier alpha value is -1.52. The maximum atomic E-state index is 11.9. The first kappa shape index (κ1) is 12.9. The number of anilines is 1. The average Bonchev–Trinajstić information content (AvgIpc) is 2.82. The molecule has 100 valence electrons. The number of unbranched alkanes of at least 4 members (excludes halogenated alkanes) is 1. The predicted octanol–water partition coefficient (Wildman–Crippen LogP) is 1.26. The second-order valence-corrected chi connectivity index (χ2v) is 4.81. The number of rotatable bonds is 4. The lowest BCUT2D eigenvalue weighted by atomic mass is 10.2. The van der Waals surface area contributed by atoms with Crippen LogP contribution in [0.2, 0.25) is 0 Å². The number of carbonyl (C=O) groups excluding carboxylic acids is 1. The van der Waals surface area contributed by atoms with E-state index in [9.17, 15) is 4.79 Å². The number of amides is 1. The number of aromatic nitrogens is 2. The standard InChI is InChI=1S/C13H22N4O/c1-3-4-5-12(18)16-8-10-17(11-9-16)13-14-6-7-15(13)2/h6-7H,3-5,8-11H2,1-2H3. The molecular formula is C13H22N4O. The van der Waals surface area contributed by atoms with E-state index in [4.69, 9.17) is 0 Å². The third-order valence-electron chi connectivity index (χ3n) is 3.46. The number of nitrogens with zero attached hydrogens (tertiary/aromatic N) is 4. The van der Waals surface area contributed by atoms with E-state index in [0.717, 1.165) is 45.0 Å². The Bertz CT molecular complexity index is 393. The molecule has 2 heterocycles. The van der Waals surface area contributed by atoms with Gasteiger partial charge in [0.25, 0.3) is 0 Å². The quantitative estimate of drug-likeness (QED) is 0.808. The van der Waals surface area contributed by atoms with Crippen molar-refractivity contribution in [1.82, 2.24) is 14.5 Å². The van der Waals surface area contributed by atoms with Crippen LogP contribution >= 0.6 is 0 Å². The van der Waals surface area contributed by atoms with Crippen LogP contribution < -0.4 is 4.90 Å². The molecule has 0 aliphatic carbocycles. The Morgan fingerprint density at radius 1 is 1.33 bits per heavy atom. The topological polar surface area (TPSA) is 41.4 Å². The summed E-state index contributed by atoms with van der Waals surface area (Å²) in [6.45, 7) is 5.50. The van der Waals surface area contributed by atoms with Gasteiger partial charge in [0.15, 0.2) is 0 Å². The van der Waals surface area contributed by atoms with Crippen LogP contribution in [0.1, 0.15) is 26.2 Å². The molecule has 5 heteroatoms. The number of hydrogen-bond acceptors (Lipinski definition) is 3. The van der Waals surface area contributed by atoms with Gasteiger partial charge in [-0.15, -0.1) is 0 Å². The molecule has 2 rings (SSSR count). The first-order valence-electron chi connectivity index (χ1n) is 6.72. The summed E-state index contributed by atoms with van der Waals surface area (Å²) in [4.78, 5) is 20.5. The van der Waals surface area contributed by atoms with Gasteiger partial charge in [-0.1, -0.05) is 13.3 Å². The Morgan fingerprint density at radius 2 is 2.06 bits per heavy atom. The molecule has 1 saturated heterocycles. The van der Waals surface area contributed by atoms with E-state index in [1.54, 1.807) is 0 Å². The van der Waals surface area contributed by atoms with Crippen LogP contribution in [0.4, 0.5) is 5.95 Å². The number of carbonyl (C=O) groups is 1. The average molecular weight is 250 g/mol. The van der Waals surface area contributed by atoms with Crippen molar-refractivity contribution in [2.45, 2.75) is 26.2 Å². The molecule has 0 bridgehead atoms. The molecule has 5 nitrogen and oxygen atoms in total. The van der Waals surface area contributed by atoms with E-state index >= 15 is 0 Å². The molecule has 1 aromatic rings. The molecule has 0 unspecified atom stereocenters. The molecule has 0 spiro atoms. The van der Waals surface area contributed by atoms with Gasteiger partial charge in [0.2, 0.25) is 11.9 Å². The van der Waals surface area contributed by atoms with Gasteiger partial charge in [-0.25, -0.2) is 4.98 Å². The highest BCUT2D eigenvalue weighted by Gasteiger charge is 2.22. The van der Waals surface area contributed by atoms with E-state index in [-0.39, 0.29) is 0 Å². The zero-order valence-corrected chi connectivity index (χ0v) is 11.3. The minimum absolute atomic E-state index is 0.302. The zero-order valence-electron chi connectivity index (χ0n) is 11.3. The maximum Gasteiger partial charge on any atom is 0.222 e. The number of imidazole rings is 1. The lowest BCUT2D eigenvalue weighted by molar-refractivity contribution is -0.131. The minimum Gasteiger partial charge on any atom is -0.339 e. The summed E-state index contributed by atoms with van der Waals surface area (Å²) < 4.78 is 2.02. The molecular weight excluding hydrogens is 228 g/mol. The fourth-order valence-corrected chi connectivity index (χ4v) is 2.30. The second-order valence-electron chi connectivity index (χ2n) is 4.81. The third kappa shape index (κ3) is 2.83. The molecule has 0 atom stereocenters. The molecule has 18 heavy (non-hydrogen) atoms. The molecule has 0 radical (unpaired) electrons. The van der Waals surface area contributed by atoms with Crippen molar-refractivity contribution in [2.75, 3.05) is 31.1 Å². The van der Waals surface area contributed by atoms with Gasteiger partial charge in [0.05, 0.1) is 0 Å². The fraction of sp³-hybridized carbons (Fsp3) is 0.692. The lowest BCUT2D eigenvalue weighted by Gasteiger charge is -2.35. The summed E-state index contributed by atoms with van der Waals surface area (Å²) >= 11 is 0. The largest absolute Gasteiger partial charge is 0.339 e. The Kier molecular flexibility index (Phi) is 4.23. The minimum atomic E-state index is 0.302. The first-order chi connectivity index (χ1) is 8.72. The van der Waals surface area contributed by atoms with E-state index in [0.29, 0.717) is 12.3 Å². The van der Waals surface area contributed by atoms with Crippen molar-refractivity contribution < 1.29 is 4.79 Å². The molecule has 0 saturated carbocycles. The van der Waals surface area contributed by atoms with Crippen LogP contribution in [0, 0.1) is 0 Å². The van der Waals surface area contributed by atoms with Gasteiger partial charge in [0.1, 0.15) is 0 Å². The maximum absolute atomic E-state index is 11.9. The Morgan fingerprint density at radius 3 is 2.61 bits per heavy atom. The molecule has 1 aliphatic rings. The summed E-state index contributed by atoms with van der Waals surface area (Å²) in [5.74, 6) is 1.30. The normalized spacial score (nSPS) is 16.1. The molecule has 1 aliphatic heterocycles. The molecule has 1 amide bonds. The summed E-state index contributed by atoms with van der Waals surface area (Å²) in [7, 11) is 2.00. The van der Waals surface area contributed by atoms with Gasteiger partial charge in [-0.2, -0.15) is 0 Å². The highest BCUT2D eigenvalue weighted by atomic mass is 16.2. The predicted molar refractivity (Wildman–Crippen MR) is 71.5 cm³/mol. The van der Waals surface area contributed by atoms with Crippen LogP contribution in [0.15, 0.2) is 12.4 Å². The van der Waals surface area contributed by atoms with Crippen molar-refractivity contribution in [2.24, 2.45) is 7.05 Å². The van der Waals surface area contributed by atoms with Gasteiger partial charge < -0.3 is 14.4 Å². The van der Waals surface area contributed by atoms with Crippen LogP contribution in [0.3, 0.4) is 0 Å². The summed E-state index contributed by atoms with van der Waals surface area (Å²) in [6.07, 6.45) is 6.54. The summed E-state index contributed by atoms with van der Waals surface area (Å²) in [5.41, 5.74) is 0. The third-order valence-corrected chi connectivity index (χ3v) is 3.46. The van der Waals surface area contributed by atoms with Crippen molar-refractivity contribution in [3.63, 3.8) is 0 Å². The monoisotopic (exact) mass is 250 g/mol. The SMILES string of the molecule is CCCCC(=O)N1CCN(c2nccn2C)CC1. The van der Waals surface area contributed by atoms with Crippen LogP contribution in [-0.4, -0.2) is 46.5 Å². The van der Waals surface area contributed by atoms with Crippen molar-refractivity contribution in [1.29, 1.82) is 0 Å². The number of hydrogen-bond donors (Lipinski definition) is 0. The summed E-state index contributed by atoms with van der Waals surface area (Å²) in [6, 6.07) is 0. The van der Waals surface area contributed by atoms with Crippen molar-refractivity contribution in [3.8, 4) is 0 Å². The molecule has 0 aromatic carbocycles. The zero-order chi connectivity index (χ0) is 13.0. The molecule has 1 aromatic heterocycles.